The number of amides is 2. The maximum absolute atomic E-state index is 13.4. The number of carbonyl (C=O) groups excluding carboxylic acids is 2. The number of benzene rings is 2. The molecule has 0 radical (unpaired) electrons. The van der Waals surface area contributed by atoms with E-state index >= 15 is 0 Å². The highest BCUT2D eigenvalue weighted by Crippen LogP contribution is 2.11. The maximum atomic E-state index is 13.4. The third-order valence-corrected chi connectivity index (χ3v) is 4.20. The molecule has 0 fully saturated rings. The second-order valence-corrected chi connectivity index (χ2v) is 6.46. The quantitative estimate of drug-likeness (QED) is 0.624. The lowest BCUT2D eigenvalue weighted by Gasteiger charge is -2.21. The topological polar surface area (TPSA) is 119 Å². The molecule has 0 saturated carbocycles. The molecule has 150 valence electrons. The lowest BCUT2D eigenvalue weighted by Crippen LogP contribution is -2.52. The van der Waals surface area contributed by atoms with Crippen molar-refractivity contribution < 1.29 is 23.9 Å². The van der Waals surface area contributed by atoms with E-state index in [0.717, 1.165) is 0 Å². The Morgan fingerprint density at radius 2 is 1.79 bits per heavy atom. The van der Waals surface area contributed by atoms with Crippen LogP contribution in [0.2, 0.25) is 0 Å². The Balaban J connectivity index is 2.18. The minimum atomic E-state index is -1.30. The molecule has 2 amide bonds. The third kappa shape index (κ3) is 6.43. The summed E-state index contributed by atoms with van der Waals surface area (Å²) in [5.41, 5.74) is 1.26. The molecule has 2 aromatic rings. The van der Waals surface area contributed by atoms with Crippen LogP contribution in [0.25, 0.3) is 0 Å². The number of carbonyl (C=O) groups is 3. The molecular formula is C21H20FN3O4. The number of hydrogen-bond donors (Lipinski definition) is 3. The molecule has 0 unspecified atom stereocenters. The van der Waals surface area contributed by atoms with Gasteiger partial charge in [0.25, 0.3) is 0 Å². The first-order chi connectivity index (χ1) is 13.8. The van der Waals surface area contributed by atoms with Crippen LogP contribution in [0.15, 0.2) is 48.5 Å². The molecule has 0 aliphatic heterocycles. The van der Waals surface area contributed by atoms with Gasteiger partial charge >= 0.3 is 5.97 Å². The first-order valence-electron chi connectivity index (χ1n) is 8.83. The van der Waals surface area contributed by atoms with Crippen LogP contribution in [-0.4, -0.2) is 35.0 Å². The Kier molecular flexibility index (Phi) is 7.43. The number of nitrogens with one attached hydrogen (secondary N) is 2. The first-order valence-corrected chi connectivity index (χ1v) is 8.83. The van der Waals surface area contributed by atoms with Crippen molar-refractivity contribution in [2.75, 3.05) is 0 Å². The summed E-state index contributed by atoms with van der Waals surface area (Å²) in [4.78, 5) is 35.8. The largest absolute Gasteiger partial charge is 0.480 e. The standard InChI is InChI=1S/C21H20FN3O4/c1-13(26)24-18(10-14-5-4-8-17(22)9-14)20(27)25-19(21(28)29)11-15-6-2-3-7-16(15)12-23/h2-9,18-19H,10-11H2,1H3,(H,24,26)(H,25,27)(H,28,29)/t18-,19-/m1/s1. The summed E-state index contributed by atoms with van der Waals surface area (Å²) < 4.78 is 13.4. The van der Waals surface area contributed by atoms with E-state index in [-0.39, 0.29) is 12.8 Å². The van der Waals surface area contributed by atoms with Gasteiger partial charge in [-0.15, -0.1) is 0 Å². The summed E-state index contributed by atoms with van der Waals surface area (Å²) in [5.74, 6) is -2.96. The van der Waals surface area contributed by atoms with E-state index < -0.39 is 35.7 Å². The predicted molar refractivity (Wildman–Crippen MR) is 102 cm³/mol. The Morgan fingerprint density at radius 1 is 1.07 bits per heavy atom. The molecule has 0 aliphatic carbocycles. The summed E-state index contributed by atoms with van der Waals surface area (Å²) in [6.45, 7) is 1.23. The highest BCUT2D eigenvalue weighted by Gasteiger charge is 2.27. The zero-order valence-electron chi connectivity index (χ0n) is 15.7. The third-order valence-electron chi connectivity index (χ3n) is 4.20. The van der Waals surface area contributed by atoms with Gasteiger partial charge in [-0.3, -0.25) is 9.59 Å². The van der Waals surface area contributed by atoms with Crippen LogP contribution in [0.4, 0.5) is 4.39 Å². The molecule has 2 rings (SSSR count). The van der Waals surface area contributed by atoms with Gasteiger partial charge in [0.2, 0.25) is 11.8 Å². The molecule has 2 atom stereocenters. The SMILES string of the molecule is CC(=O)N[C@H](Cc1cccc(F)c1)C(=O)N[C@H](Cc1ccccc1C#N)C(=O)O. The fourth-order valence-electron chi connectivity index (χ4n) is 2.85. The Hall–Kier alpha value is -3.73. The van der Waals surface area contributed by atoms with E-state index in [4.69, 9.17) is 5.26 Å². The average Bonchev–Trinajstić information content (AvgIpc) is 2.66. The van der Waals surface area contributed by atoms with Crippen LogP contribution in [0.1, 0.15) is 23.6 Å². The summed E-state index contributed by atoms with van der Waals surface area (Å²) in [5, 5.41) is 23.5. The zero-order chi connectivity index (χ0) is 21.4. The van der Waals surface area contributed by atoms with Gasteiger partial charge in [-0.2, -0.15) is 5.26 Å². The van der Waals surface area contributed by atoms with Crippen molar-refractivity contribution in [3.8, 4) is 6.07 Å². The number of aliphatic carboxylic acids is 1. The normalized spacial score (nSPS) is 12.3. The maximum Gasteiger partial charge on any atom is 0.326 e. The van der Waals surface area contributed by atoms with Crippen molar-refractivity contribution in [1.82, 2.24) is 10.6 Å². The lowest BCUT2D eigenvalue weighted by atomic mass is 10.00. The van der Waals surface area contributed by atoms with Gasteiger partial charge < -0.3 is 15.7 Å². The fraction of sp³-hybridized carbons (Fsp3) is 0.238. The van der Waals surface area contributed by atoms with Gasteiger partial charge in [0.05, 0.1) is 11.6 Å². The van der Waals surface area contributed by atoms with E-state index in [1.807, 2.05) is 6.07 Å². The van der Waals surface area contributed by atoms with Crippen molar-refractivity contribution >= 4 is 17.8 Å². The second kappa shape index (κ2) is 9.99. The first kappa shape index (κ1) is 21.6. The summed E-state index contributed by atoms with van der Waals surface area (Å²) >= 11 is 0. The molecule has 8 heteroatoms. The highest BCUT2D eigenvalue weighted by atomic mass is 19.1. The number of carboxylic acid groups (broad SMARTS) is 1. The Labute approximate surface area is 167 Å². The Bertz CT molecular complexity index is 955. The number of halogens is 1. The van der Waals surface area contributed by atoms with Crippen LogP contribution in [0.3, 0.4) is 0 Å². The van der Waals surface area contributed by atoms with E-state index in [2.05, 4.69) is 10.6 Å². The van der Waals surface area contributed by atoms with Crippen molar-refractivity contribution in [2.45, 2.75) is 31.8 Å². The van der Waals surface area contributed by atoms with E-state index in [1.54, 1.807) is 30.3 Å². The van der Waals surface area contributed by atoms with Gasteiger partial charge in [0.15, 0.2) is 0 Å². The number of nitrogens with zero attached hydrogens (tertiary/aromatic N) is 1. The van der Waals surface area contributed by atoms with Crippen molar-refractivity contribution in [2.24, 2.45) is 0 Å². The summed E-state index contributed by atoms with van der Waals surface area (Å²) in [6, 6.07) is 11.7. The molecule has 3 N–H and O–H groups in total. The zero-order valence-corrected chi connectivity index (χ0v) is 15.7. The van der Waals surface area contributed by atoms with Gasteiger partial charge in [-0.05, 0) is 29.3 Å². The van der Waals surface area contributed by atoms with Gasteiger partial charge in [-0.25, -0.2) is 9.18 Å². The van der Waals surface area contributed by atoms with E-state index in [0.29, 0.717) is 16.7 Å². The van der Waals surface area contributed by atoms with Crippen LogP contribution < -0.4 is 10.6 Å². The number of hydrogen-bond acceptors (Lipinski definition) is 4. The fourth-order valence-corrected chi connectivity index (χ4v) is 2.85. The van der Waals surface area contributed by atoms with Crippen molar-refractivity contribution in [3.05, 3.63) is 71.0 Å². The van der Waals surface area contributed by atoms with Gasteiger partial charge in [-0.1, -0.05) is 30.3 Å². The van der Waals surface area contributed by atoms with Crippen LogP contribution >= 0.6 is 0 Å². The minimum absolute atomic E-state index is 0.00963. The lowest BCUT2D eigenvalue weighted by molar-refractivity contribution is -0.142. The highest BCUT2D eigenvalue weighted by molar-refractivity contribution is 5.90. The average molecular weight is 397 g/mol. The minimum Gasteiger partial charge on any atom is -0.480 e. The van der Waals surface area contributed by atoms with E-state index in [9.17, 15) is 23.9 Å². The van der Waals surface area contributed by atoms with Crippen LogP contribution in [0, 0.1) is 17.1 Å². The molecule has 2 aromatic carbocycles. The van der Waals surface area contributed by atoms with Crippen molar-refractivity contribution in [1.29, 1.82) is 5.26 Å². The molecule has 0 aromatic heterocycles. The molecule has 29 heavy (non-hydrogen) atoms. The summed E-state index contributed by atoms with van der Waals surface area (Å²) in [6.07, 6.45) is -0.109. The van der Waals surface area contributed by atoms with Gasteiger partial charge in [0.1, 0.15) is 17.9 Å². The predicted octanol–water partition coefficient (Wildman–Crippen LogP) is 1.56. The van der Waals surface area contributed by atoms with Crippen LogP contribution in [0.5, 0.6) is 0 Å². The molecule has 0 saturated heterocycles. The molecule has 0 spiro atoms. The molecule has 0 aliphatic rings. The molecule has 0 bridgehead atoms. The summed E-state index contributed by atoms with van der Waals surface area (Å²) in [7, 11) is 0. The molecular weight excluding hydrogens is 377 g/mol. The molecule has 7 nitrogen and oxygen atoms in total. The second-order valence-electron chi connectivity index (χ2n) is 6.46. The van der Waals surface area contributed by atoms with E-state index in [1.165, 1.54) is 25.1 Å². The molecule has 0 heterocycles. The van der Waals surface area contributed by atoms with Crippen LogP contribution in [-0.2, 0) is 27.2 Å². The Morgan fingerprint density at radius 3 is 2.41 bits per heavy atom. The number of rotatable bonds is 8. The smallest absolute Gasteiger partial charge is 0.326 e. The van der Waals surface area contributed by atoms with Crippen molar-refractivity contribution in [3.63, 3.8) is 0 Å². The number of carboxylic acids is 1. The monoisotopic (exact) mass is 397 g/mol. The number of nitriles is 1. The van der Waals surface area contributed by atoms with Gasteiger partial charge in [0, 0.05) is 19.8 Å².